The molecule has 7 heteroatoms. The molecule has 0 saturated carbocycles. The zero-order valence-corrected chi connectivity index (χ0v) is 19.0. The van der Waals surface area contributed by atoms with E-state index < -0.39 is 5.97 Å². The molecule has 1 aliphatic heterocycles. The molecule has 0 aliphatic carbocycles. The number of benzene rings is 3. The van der Waals surface area contributed by atoms with E-state index in [9.17, 15) is 4.79 Å². The molecule has 7 nitrogen and oxygen atoms in total. The lowest BCUT2D eigenvalue weighted by atomic mass is 9.98. The van der Waals surface area contributed by atoms with Crippen molar-refractivity contribution >= 4 is 11.7 Å². The summed E-state index contributed by atoms with van der Waals surface area (Å²) in [6, 6.07) is 23.0. The van der Waals surface area contributed by atoms with E-state index in [-0.39, 0.29) is 18.9 Å². The summed E-state index contributed by atoms with van der Waals surface area (Å²) in [6.07, 6.45) is 0.0615. The fraction of sp³-hybridized carbons (Fsp3) is 0.259. The predicted octanol–water partition coefficient (Wildman–Crippen LogP) is 5.04. The van der Waals surface area contributed by atoms with Crippen molar-refractivity contribution in [3.8, 4) is 17.2 Å². The lowest BCUT2D eigenvalue weighted by Crippen LogP contribution is -2.13. The summed E-state index contributed by atoms with van der Waals surface area (Å²) >= 11 is 0. The van der Waals surface area contributed by atoms with Gasteiger partial charge in [0.2, 0.25) is 0 Å². The van der Waals surface area contributed by atoms with Gasteiger partial charge in [-0.3, -0.25) is 4.79 Å². The number of carboxylic acid groups (broad SMARTS) is 1. The number of ether oxygens (including phenoxy) is 3. The zero-order valence-electron chi connectivity index (χ0n) is 19.0. The van der Waals surface area contributed by atoms with Gasteiger partial charge in [0.15, 0.2) is 0 Å². The minimum Gasteiger partial charge on any atom is -0.492 e. The van der Waals surface area contributed by atoms with Gasteiger partial charge in [-0.15, -0.1) is 0 Å². The summed E-state index contributed by atoms with van der Waals surface area (Å²) < 4.78 is 17.5. The molecule has 34 heavy (non-hydrogen) atoms. The van der Waals surface area contributed by atoms with E-state index in [1.54, 1.807) is 0 Å². The molecule has 1 atom stereocenters. The summed E-state index contributed by atoms with van der Waals surface area (Å²) in [4.78, 5) is 16.2. The molecule has 0 saturated heterocycles. The van der Waals surface area contributed by atoms with E-state index in [0.717, 1.165) is 28.2 Å². The van der Waals surface area contributed by atoms with Crippen LogP contribution >= 0.6 is 0 Å². The van der Waals surface area contributed by atoms with Crippen LogP contribution < -0.4 is 14.2 Å². The summed E-state index contributed by atoms with van der Waals surface area (Å²) in [5.74, 6) is 1.14. The van der Waals surface area contributed by atoms with Crippen LogP contribution in [0.4, 0.5) is 0 Å². The molecule has 1 aliphatic rings. The second kappa shape index (κ2) is 11.2. The molecule has 3 aromatic carbocycles. The van der Waals surface area contributed by atoms with Crippen LogP contribution in [0, 0.1) is 0 Å². The first kappa shape index (κ1) is 23.2. The van der Waals surface area contributed by atoms with Gasteiger partial charge in [-0.2, -0.15) is 0 Å². The molecule has 3 aromatic rings. The van der Waals surface area contributed by atoms with Crippen molar-refractivity contribution in [3.05, 3.63) is 89.5 Å². The Morgan fingerprint density at radius 3 is 2.53 bits per heavy atom. The van der Waals surface area contributed by atoms with Crippen molar-refractivity contribution in [3.63, 3.8) is 0 Å². The van der Waals surface area contributed by atoms with Gasteiger partial charge in [0.25, 0.3) is 0 Å². The Bertz CT molecular complexity index is 1130. The Balaban J connectivity index is 1.31. The largest absolute Gasteiger partial charge is 0.492 e. The summed E-state index contributed by atoms with van der Waals surface area (Å²) in [7, 11) is 0. The molecule has 1 N–H and O–H groups in total. The van der Waals surface area contributed by atoms with E-state index in [0.29, 0.717) is 31.3 Å². The Hall–Kier alpha value is -4.00. The Labute approximate surface area is 198 Å². The van der Waals surface area contributed by atoms with Gasteiger partial charge >= 0.3 is 5.97 Å². The highest BCUT2D eigenvalue weighted by Crippen LogP contribution is 2.38. The molecule has 0 amide bonds. The van der Waals surface area contributed by atoms with Gasteiger partial charge in [0, 0.05) is 23.1 Å². The lowest BCUT2D eigenvalue weighted by molar-refractivity contribution is -0.137. The van der Waals surface area contributed by atoms with Crippen molar-refractivity contribution in [2.24, 2.45) is 5.16 Å². The summed E-state index contributed by atoms with van der Waals surface area (Å²) in [5, 5.41) is 13.2. The number of hydrogen-bond acceptors (Lipinski definition) is 6. The molecule has 1 unspecified atom stereocenters. The topological polar surface area (TPSA) is 86.6 Å². The SMILES string of the molecule is CCON=C(COc1ccc(COc2ccc3c(c2)OCC3CC(=O)O)cc1)c1ccccc1. The number of rotatable bonds is 11. The monoisotopic (exact) mass is 461 g/mol. The van der Waals surface area contributed by atoms with Gasteiger partial charge in [-0.05, 0) is 30.7 Å². The van der Waals surface area contributed by atoms with Crippen LogP contribution in [0.25, 0.3) is 0 Å². The van der Waals surface area contributed by atoms with Crippen molar-refractivity contribution in [2.45, 2.75) is 25.9 Å². The van der Waals surface area contributed by atoms with Crippen LogP contribution in [0.2, 0.25) is 0 Å². The number of fused-ring (bicyclic) bond motifs is 1. The molecule has 0 spiro atoms. The van der Waals surface area contributed by atoms with E-state index in [2.05, 4.69) is 5.16 Å². The van der Waals surface area contributed by atoms with E-state index in [1.807, 2.05) is 79.7 Å². The molecular weight excluding hydrogens is 434 g/mol. The van der Waals surface area contributed by atoms with Crippen LogP contribution in [0.1, 0.15) is 36.0 Å². The third-order valence-electron chi connectivity index (χ3n) is 5.40. The van der Waals surface area contributed by atoms with Crippen LogP contribution in [-0.4, -0.2) is 36.6 Å². The minimum absolute atomic E-state index is 0.0615. The first-order chi connectivity index (χ1) is 16.6. The maximum Gasteiger partial charge on any atom is 0.304 e. The first-order valence-corrected chi connectivity index (χ1v) is 11.2. The Morgan fingerprint density at radius 1 is 1.03 bits per heavy atom. The summed E-state index contributed by atoms with van der Waals surface area (Å²) in [6.45, 7) is 3.44. The van der Waals surface area contributed by atoms with Crippen LogP contribution in [0.3, 0.4) is 0 Å². The normalized spacial score (nSPS) is 14.7. The second-order valence-corrected chi connectivity index (χ2v) is 7.85. The number of oxime groups is 1. The third kappa shape index (κ3) is 6.07. The fourth-order valence-electron chi connectivity index (χ4n) is 3.66. The molecule has 0 fully saturated rings. The van der Waals surface area contributed by atoms with Crippen LogP contribution in [-0.2, 0) is 16.2 Å². The second-order valence-electron chi connectivity index (χ2n) is 7.85. The van der Waals surface area contributed by atoms with Crippen molar-refractivity contribution in [2.75, 3.05) is 19.8 Å². The molecule has 0 radical (unpaired) electrons. The van der Waals surface area contributed by atoms with Gasteiger partial charge in [-0.1, -0.05) is 53.7 Å². The molecular formula is C27H27NO6. The number of aliphatic carboxylic acids is 1. The number of hydrogen-bond donors (Lipinski definition) is 1. The maximum absolute atomic E-state index is 11.0. The highest BCUT2D eigenvalue weighted by Gasteiger charge is 2.26. The minimum atomic E-state index is -0.827. The van der Waals surface area contributed by atoms with E-state index in [1.165, 1.54) is 0 Å². The van der Waals surface area contributed by atoms with Crippen molar-refractivity contribution in [1.29, 1.82) is 0 Å². The Morgan fingerprint density at radius 2 is 1.79 bits per heavy atom. The highest BCUT2D eigenvalue weighted by atomic mass is 16.6. The standard InChI is InChI=1S/C27H27NO6/c1-2-34-28-25(20-6-4-3-5-7-20)18-32-22-10-8-19(9-11-22)16-31-23-12-13-24-21(14-27(29)30)17-33-26(24)15-23/h3-13,15,21H,2,14,16-18H2,1H3,(H,29,30). The fourth-order valence-corrected chi connectivity index (χ4v) is 3.66. The lowest BCUT2D eigenvalue weighted by Gasteiger charge is -2.11. The highest BCUT2D eigenvalue weighted by molar-refractivity contribution is 6.01. The molecule has 0 bridgehead atoms. The smallest absolute Gasteiger partial charge is 0.304 e. The predicted molar refractivity (Wildman–Crippen MR) is 128 cm³/mol. The molecule has 176 valence electrons. The van der Waals surface area contributed by atoms with Gasteiger partial charge in [-0.25, -0.2) is 0 Å². The van der Waals surface area contributed by atoms with E-state index >= 15 is 0 Å². The first-order valence-electron chi connectivity index (χ1n) is 11.2. The molecule has 0 aromatic heterocycles. The zero-order chi connectivity index (χ0) is 23.8. The molecule has 1 heterocycles. The quantitative estimate of drug-likeness (QED) is 0.318. The van der Waals surface area contributed by atoms with Gasteiger partial charge in [0.1, 0.15) is 42.8 Å². The molecule has 4 rings (SSSR count). The number of carboxylic acids is 1. The third-order valence-corrected chi connectivity index (χ3v) is 5.40. The number of nitrogens with zero attached hydrogens (tertiary/aromatic N) is 1. The number of carbonyl (C=O) groups is 1. The van der Waals surface area contributed by atoms with Gasteiger partial charge < -0.3 is 24.2 Å². The van der Waals surface area contributed by atoms with E-state index in [4.69, 9.17) is 24.2 Å². The van der Waals surface area contributed by atoms with Crippen molar-refractivity contribution in [1.82, 2.24) is 0 Å². The summed E-state index contributed by atoms with van der Waals surface area (Å²) in [5.41, 5.74) is 3.58. The van der Waals surface area contributed by atoms with Gasteiger partial charge in [0.05, 0.1) is 13.0 Å². The van der Waals surface area contributed by atoms with Crippen LogP contribution in [0.5, 0.6) is 17.2 Å². The Kier molecular flexibility index (Phi) is 7.65. The maximum atomic E-state index is 11.0. The van der Waals surface area contributed by atoms with Crippen LogP contribution in [0.15, 0.2) is 78.0 Å². The van der Waals surface area contributed by atoms with Crippen molar-refractivity contribution < 1.29 is 28.9 Å². The average Bonchev–Trinajstić information content (AvgIpc) is 3.25. The average molecular weight is 462 g/mol.